The van der Waals surface area contributed by atoms with Crippen molar-refractivity contribution < 1.29 is 0 Å². The van der Waals surface area contributed by atoms with Crippen molar-refractivity contribution >= 4 is 53.0 Å². The number of aliphatic imine (C=N–C) groups is 1. The number of guanidine groups is 1. The van der Waals surface area contributed by atoms with Gasteiger partial charge in [0, 0.05) is 42.1 Å². The number of nitrogens with zero attached hydrogens (tertiary/aromatic N) is 2. The summed E-state index contributed by atoms with van der Waals surface area (Å²) in [6, 6.07) is 0.563. The van der Waals surface area contributed by atoms with Gasteiger partial charge in [-0.2, -0.15) is 11.8 Å². The highest BCUT2D eigenvalue weighted by molar-refractivity contribution is 14.0. The van der Waals surface area contributed by atoms with Crippen molar-refractivity contribution in [3.05, 3.63) is 16.1 Å². The van der Waals surface area contributed by atoms with Crippen molar-refractivity contribution in [2.75, 3.05) is 19.3 Å². The third kappa shape index (κ3) is 7.62. The van der Waals surface area contributed by atoms with Crippen LogP contribution in [0.2, 0.25) is 0 Å². The van der Waals surface area contributed by atoms with Crippen LogP contribution in [0.1, 0.15) is 57.7 Å². The lowest BCUT2D eigenvalue weighted by atomic mass is 9.93. The minimum absolute atomic E-state index is 0. The summed E-state index contributed by atoms with van der Waals surface area (Å²) < 4.78 is 0. The van der Waals surface area contributed by atoms with Gasteiger partial charge in [-0.1, -0.05) is 27.7 Å². The summed E-state index contributed by atoms with van der Waals surface area (Å²) in [5.74, 6) is 2.14. The number of thiazole rings is 1. The summed E-state index contributed by atoms with van der Waals surface area (Å²) in [5.41, 5.74) is 1.32. The number of thioether (sulfide) groups is 1. The van der Waals surface area contributed by atoms with Gasteiger partial charge >= 0.3 is 0 Å². The molecule has 0 spiro atoms. The van der Waals surface area contributed by atoms with Crippen LogP contribution < -0.4 is 10.6 Å². The molecule has 0 aliphatic heterocycles. The number of rotatable bonds is 6. The third-order valence-electron chi connectivity index (χ3n) is 4.30. The molecule has 0 radical (unpaired) electrons. The molecular formula is C18H33IN4S2. The standard InChI is InChI=1S/C18H32N4S2.HI/c1-6-23-14-8-7-13(11-14)21-17(19-5)20-10-9-16-22-15(12-24-16)18(2,3)4;/h12-14H,6-11H2,1-5H3,(H2,19,20,21);1H. The highest BCUT2D eigenvalue weighted by Crippen LogP contribution is 2.29. The van der Waals surface area contributed by atoms with Crippen molar-refractivity contribution in [3.8, 4) is 0 Å². The minimum Gasteiger partial charge on any atom is -0.356 e. The van der Waals surface area contributed by atoms with Crippen molar-refractivity contribution in [1.82, 2.24) is 15.6 Å². The number of aromatic nitrogens is 1. The second kappa shape index (κ2) is 11.0. The predicted molar refractivity (Wildman–Crippen MR) is 124 cm³/mol. The molecule has 7 heteroatoms. The Labute approximate surface area is 178 Å². The van der Waals surface area contributed by atoms with E-state index in [0.717, 1.165) is 24.2 Å². The highest BCUT2D eigenvalue weighted by Gasteiger charge is 2.25. The summed E-state index contributed by atoms with van der Waals surface area (Å²) >= 11 is 3.85. The van der Waals surface area contributed by atoms with Crippen LogP contribution in [-0.2, 0) is 11.8 Å². The van der Waals surface area contributed by atoms with Gasteiger partial charge in [-0.05, 0) is 25.0 Å². The Balaban J connectivity index is 0.00000312. The zero-order valence-corrected chi connectivity index (χ0v) is 20.1. The van der Waals surface area contributed by atoms with Gasteiger partial charge in [0.05, 0.1) is 10.7 Å². The normalized spacial score (nSPS) is 21.1. The molecular weight excluding hydrogens is 463 g/mol. The highest BCUT2D eigenvalue weighted by atomic mass is 127. The van der Waals surface area contributed by atoms with Gasteiger partial charge in [-0.3, -0.25) is 4.99 Å². The first-order valence-corrected chi connectivity index (χ1v) is 10.9. The average Bonchev–Trinajstić information content (AvgIpc) is 3.16. The molecule has 0 amide bonds. The van der Waals surface area contributed by atoms with Gasteiger partial charge in [0.1, 0.15) is 0 Å². The first-order chi connectivity index (χ1) is 11.4. The van der Waals surface area contributed by atoms with E-state index < -0.39 is 0 Å². The second-order valence-electron chi connectivity index (χ2n) is 7.36. The van der Waals surface area contributed by atoms with Crippen LogP contribution in [0.4, 0.5) is 0 Å². The van der Waals surface area contributed by atoms with Crippen LogP contribution in [0.5, 0.6) is 0 Å². The van der Waals surface area contributed by atoms with E-state index >= 15 is 0 Å². The van der Waals surface area contributed by atoms with E-state index in [4.69, 9.17) is 4.98 Å². The molecule has 1 saturated carbocycles. The van der Waals surface area contributed by atoms with Gasteiger partial charge in [0.15, 0.2) is 5.96 Å². The number of hydrogen-bond acceptors (Lipinski definition) is 4. The molecule has 2 unspecified atom stereocenters. The lowest BCUT2D eigenvalue weighted by molar-refractivity contribution is 0.570. The maximum Gasteiger partial charge on any atom is 0.191 e. The van der Waals surface area contributed by atoms with Crippen LogP contribution in [0.25, 0.3) is 0 Å². The Bertz CT molecular complexity index is 539. The van der Waals surface area contributed by atoms with Crippen molar-refractivity contribution in [2.24, 2.45) is 4.99 Å². The van der Waals surface area contributed by atoms with Gasteiger partial charge in [-0.15, -0.1) is 35.3 Å². The summed E-state index contributed by atoms with van der Waals surface area (Å²) in [7, 11) is 1.85. The maximum atomic E-state index is 4.75. The van der Waals surface area contributed by atoms with Crippen LogP contribution in [0.3, 0.4) is 0 Å². The zero-order chi connectivity index (χ0) is 17.6. The molecule has 0 aromatic carbocycles. The minimum atomic E-state index is 0. The molecule has 25 heavy (non-hydrogen) atoms. The van der Waals surface area contributed by atoms with Gasteiger partial charge in [-0.25, -0.2) is 4.98 Å². The summed E-state index contributed by atoms with van der Waals surface area (Å²) in [6.45, 7) is 9.75. The molecule has 1 aromatic heterocycles. The first kappa shape index (κ1) is 23.0. The van der Waals surface area contributed by atoms with Gasteiger partial charge < -0.3 is 10.6 Å². The molecule has 1 fully saturated rings. The monoisotopic (exact) mass is 496 g/mol. The fourth-order valence-corrected chi connectivity index (χ4v) is 5.07. The fraction of sp³-hybridized carbons (Fsp3) is 0.778. The number of nitrogens with one attached hydrogen (secondary N) is 2. The number of halogens is 1. The molecule has 2 rings (SSSR count). The zero-order valence-electron chi connectivity index (χ0n) is 16.1. The van der Waals surface area contributed by atoms with E-state index in [2.05, 4.69) is 60.5 Å². The molecule has 2 atom stereocenters. The quantitative estimate of drug-likeness (QED) is 0.347. The SMILES string of the molecule is CCSC1CCC(NC(=NC)NCCc2nc(C(C)(C)C)cs2)C1.I. The summed E-state index contributed by atoms with van der Waals surface area (Å²) in [5, 5.41) is 11.2. The third-order valence-corrected chi connectivity index (χ3v) is 6.44. The maximum absolute atomic E-state index is 4.75. The molecule has 2 N–H and O–H groups in total. The Hall–Kier alpha value is -0.0200. The molecule has 1 heterocycles. The van der Waals surface area contributed by atoms with Crippen LogP contribution in [-0.4, -0.2) is 41.6 Å². The van der Waals surface area contributed by atoms with Gasteiger partial charge in [0.2, 0.25) is 0 Å². The van der Waals surface area contributed by atoms with E-state index in [1.807, 2.05) is 7.05 Å². The van der Waals surface area contributed by atoms with E-state index in [-0.39, 0.29) is 29.4 Å². The molecule has 4 nitrogen and oxygen atoms in total. The van der Waals surface area contributed by atoms with Crippen molar-refractivity contribution in [1.29, 1.82) is 0 Å². The Morgan fingerprint density at radius 1 is 1.40 bits per heavy atom. The van der Waals surface area contributed by atoms with Crippen LogP contribution in [0.15, 0.2) is 10.4 Å². The van der Waals surface area contributed by atoms with Crippen molar-refractivity contribution in [2.45, 2.75) is 70.1 Å². The average molecular weight is 497 g/mol. The molecule has 0 bridgehead atoms. The van der Waals surface area contributed by atoms with E-state index in [9.17, 15) is 0 Å². The first-order valence-electron chi connectivity index (χ1n) is 8.96. The molecule has 1 aliphatic rings. The van der Waals surface area contributed by atoms with Gasteiger partial charge in [0.25, 0.3) is 0 Å². The lowest BCUT2D eigenvalue weighted by Crippen LogP contribution is -2.43. The van der Waals surface area contributed by atoms with Crippen LogP contribution in [0, 0.1) is 0 Å². The summed E-state index contributed by atoms with van der Waals surface area (Å²) in [4.78, 5) is 9.12. The topological polar surface area (TPSA) is 49.3 Å². The molecule has 1 aromatic rings. The van der Waals surface area contributed by atoms with E-state index in [1.165, 1.54) is 35.7 Å². The lowest BCUT2D eigenvalue weighted by Gasteiger charge is -2.17. The molecule has 144 valence electrons. The Kier molecular flexibility index (Phi) is 10.1. The largest absolute Gasteiger partial charge is 0.356 e. The van der Waals surface area contributed by atoms with Crippen LogP contribution >= 0.6 is 47.1 Å². The molecule has 1 aliphatic carbocycles. The van der Waals surface area contributed by atoms with Crippen molar-refractivity contribution in [3.63, 3.8) is 0 Å². The Morgan fingerprint density at radius 2 is 2.16 bits per heavy atom. The predicted octanol–water partition coefficient (Wildman–Crippen LogP) is 4.44. The Morgan fingerprint density at radius 3 is 2.76 bits per heavy atom. The smallest absolute Gasteiger partial charge is 0.191 e. The van der Waals surface area contributed by atoms with E-state index in [0.29, 0.717) is 6.04 Å². The fourth-order valence-electron chi connectivity index (χ4n) is 2.90. The van der Waals surface area contributed by atoms with E-state index in [1.54, 1.807) is 11.3 Å². The number of hydrogen-bond donors (Lipinski definition) is 2. The summed E-state index contributed by atoms with van der Waals surface area (Å²) in [6.07, 6.45) is 4.77. The second-order valence-corrected chi connectivity index (χ2v) is 9.88. The molecule has 0 saturated heterocycles.